The molecule has 0 fully saturated rings. The molecule has 0 radical (unpaired) electrons. The third-order valence-electron chi connectivity index (χ3n) is 7.32. The summed E-state index contributed by atoms with van der Waals surface area (Å²) in [5.41, 5.74) is 0.867. The van der Waals surface area contributed by atoms with Crippen molar-refractivity contribution in [2.24, 2.45) is 0 Å². The Morgan fingerprint density at radius 2 is 1.43 bits per heavy atom. The number of amides is 2. The molecular formula is C36H40FN3O6S. The minimum atomic E-state index is -4.35. The molecule has 1 atom stereocenters. The Labute approximate surface area is 276 Å². The summed E-state index contributed by atoms with van der Waals surface area (Å²) in [5.74, 6) is -0.830. The fourth-order valence-electron chi connectivity index (χ4n) is 5.02. The molecule has 11 heteroatoms. The van der Waals surface area contributed by atoms with Gasteiger partial charge in [0.25, 0.3) is 10.0 Å². The van der Waals surface area contributed by atoms with Gasteiger partial charge in [0.15, 0.2) is 0 Å². The van der Waals surface area contributed by atoms with E-state index in [-0.39, 0.29) is 29.3 Å². The highest BCUT2D eigenvalue weighted by molar-refractivity contribution is 7.92. The fourth-order valence-corrected chi connectivity index (χ4v) is 6.44. The highest BCUT2D eigenvalue weighted by Crippen LogP contribution is 2.33. The summed E-state index contributed by atoms with van der Waals surface area (Å²) >= 11 is 0. The maximum atomic E-state index is 14.6. The van der Waals surface area contributed by atoms with Gasteiger partial charge in [0, 0.05) is 18.5 Å². The number of anilines is 1. The largest absolute Gasteiger partial charge is 0.497 e. The van der Waals surface area contributed by atoms with Gasteiger partial charge in [0.1, 0.15) is 29.9 Å². The van der Waals surface area contributed by atoms with Gasteiger partial charge >= 0.3 is 0 Å². The van der Waals surface area contributed by atoms with Gasteiger partial charge in [-0.2, -0.15) is 0 Å². The molecule has 4 aromatic rings. The van der Waals surface area contributed by atoms with Gasteiger partial charge in [-0.15, -0.1) is 0 Å². The summed E-state index contributed by atoms with van der Waals surface area (Å²) in [6, 6.07) is 26.1. The van der Waals surface area contributed by atoms with Gasteiger partial charge in [-0.1, -0.05) is 54.6 Å². The van der Waals surface area contributed by atoms with Crippen molar-refractivity contribution in [1.29, 1.82) is 0 Å². The highest BCUT2D eigenvalue weighted by atomic mass is 32.2. The van der Waals surface area contributed by atoms with Crippen LogP contribution >= 0.6 is 0 Å². The van der Waals surface area contributed by atoms with Crippen LogP contribution in [0, 0.1) is 5.82 Å². The number of rotatable bonds is 13. The van der Waals surface area contributed by atoms with Gasteiger partial charge in [-0.25, -0.2) is 12.8 Å². The normalized spacial score (nSPS) is 12.1. The SMILES string of the molecule is COc1ccc(S(=O)(=O)N(CC(=O)N(Cc2ccc(F)cc2)[C@H](Cc2ccccc2)C(=O)NC(C)(C)C)c2ccccc2OC)cc1. The summed E-state index contributed by atoms with van der Waals surface area (Å²) < 4.78 is 54.1. The molecule has 0 aliphatic carbocycles. The summed E-state index contributed by atoms with van der Waals surface area (Å²) in [6.45, 7) is 4.75. The first-order valence-electron chi connectivity index (χ1n) is 15.0. The van der Waals surface area contributed by atoms with Crippen molar-refractivity contribution in [1.82, 2.24) is 10.2 Å². The molecule has 4 rings (SSSR count). The number of carbonyl (C=O) groups excluding carboxylic acids is 2. The number of benzene rings is 4. The summed E-state index contributed by atoms with van der Waals surface area (Å²) in [7, 11) is -1.47. The van der Waals surface area contributed by atoms with Crippen LogP contribution in [0.4, 0.5) is 10.1 Å². The third-order valence-corrected chi connectivity index (χ3v) is 9.09. The van der Waals surface area contributed by atoms with Crippen LogP contribution in [0.1, 0.15) is 31.9 Å². The van der Waals surface area contributed by atoms with E-state index >= 15 is 0 Å². The smallest absolute Gasteiger partial charge is 0.264 e. The number of sulfonamides is 1. The first-order chi connectivity index (χ1) is 22.3. The van der Waals surface area contributed by atoms with E-state index in [2.05, 4.69) is 5.32 Å². The molecule has 2 amide bonds. The number of methoxy groups -OCH3 is 2. The van der Waals surface area contributed by atoms with Gasteiger partial charge < -0.3 is 19.7 Å². The fraction of sp³-hybridized carbons (Fsp3) is 0.278. The van der Waals surface area contributed by atoms with E-state index in [0.29, 0.717) is 11.3 Å². The van der Waals surface area contributed by atoms with Crippen LogP contribution in [0.15, 0.2) is 108 Å². The van der Waals surface area contributed by atoms with Crippen molar-refractivity contribution in [2.75, 3.05) is 25.1 Å². The van der Waals surface area contributed by atoms with Gasteiger partial charge in [-0.05, 0) is 80.4 Å². The standard InChI is InChI=1S/C36H40FN3O6S/c1-36(2,3)38-35(42)32(23-26-11-7-6-8-12-26)39(24-27-15-17-28(37)18-16-27)34(41)25-40(31-13-9-10-14-33(31)46-5)47(43,44)30-21-19-29(45-4)20-22-30/h6-22,32H,23-25H2,1-5H3,(H,38,42)/t32-/m1/s1. The average molecular weight is 662 g/mol. The molecule has 4 aromatic carbocycles. The van der Waals surface area contributed by atoms with Crippen LogP contribution in [0.5, 0.6) is 11.5 Å². The van der Waals surface area contributed by atoms with E-state index in [0.717, 1.165) is 9.87 Å². The Bertz CT molecular complexity index is 1760. The molecule has 0 saturated carbocycles. The molecule has 1 N–H and O–H groups in total. The number of para-hydroxylation sites is 2. The average Bonchev–Trinajstić information content (AvgIpc) is 3.05. The van der Waals surface area contributed by atoms with E-state index in [1.54, 1.807) is 24.3 Å². The third kappa shape index (κ3) is 9.10. The lowest BCUT2D eigenvalue weighted by atomic mass is 10.0. The summed E-state index contributed by atoms with van der Waals surface area (Å²) in [4.78, 5) is 29.8. The number of hydrogen-bond donors (Lipinski definition) is 1. The minimum Gasteiger partial charge on any atom is -0.497 e. The summed E-state index contributed by atoms with van der Waals surface area (Å²) in [6.07, 6.45) is 0.148. The Kier molecular flexibility index (Phi) is 11.3. The predicted octanol–water partition coefficient (Wildman–Crippen LogP) is 5.59. The van der Waals surface area contributed by atoms with E-state index in [1.807, 2.05) is 51.1 Å². The molecule has 0 aliphatic heterocycles. The quantitative estimate of drug-likeness (QED) is 0.200. The maximum absolute atomic E-state index is 14.6. The number of carbonyl (C=O) groups is 2. The second-order valence-corrected chi connectivity index (χ2v) is 13.8. The molecule has 0 spiro atoms. The number of halogens is 1. The molecular weight excluding hydrogens is 621 g/mol. The van der Waals surface area contributed by atoms with Crippen molar-refractivity contribution >= 4 is 27.5 Å². The van der Waals surface area contributed by atoms with Crippen LogP contribution in [0.2, 0.25) is 0 Å². The van der Waals surface area contributed by atoms with Crippen molar-refractivity contribution in [3.63, 3.8) is 0 Å². The zero-order chi connectivity index (χ0) is 34.2. The Morgan fingerprint density at radius 3 is 2.02 bits per heavy atom. The van der Waals surface area contributed by atoms with E-state index in [4.69, 9.17) is 9.47 Å². The Hall–Kier alpha value is -4.90. The van der Waals surface area contributed by atoms with E-state index < -0.39 is 45.8 Å². The number of nitrogens with zero attached hydrogens (tertiary/aromatic N) is 2. The van der Waals surface area contributed by atoms with Crippen molar-refractivity contribution in [3.8, 4) is 11.5 Å². The Morgan fingerprint density at radius 1 is 0.809 bits per heavy atom. The predicted molar refractivity (Wildman–Crippen MR) is 179 cm³/mol. The monoisotopic (exact) mass is 661 g/mol. The molecule has 9 nitrogen and oxygen atoms in total. The lowest BCUT2D eigenvalue weighted by Gasteiger charge is -2.35. The number of nitrogens with one attached hydrogen (secondary N) is 1. The second kappa shape index (κ2) is 15.1. The van der Waals surface area contributed by atoms with Gasteiger partial charge in [0.2, 0.25) is 11.8 Å². The zero-order valence-corrected chi connectivity index (χ0v) is 28.0. The topological polar surface area (TPSA) is 105 Å². The van der Waals surface area contributed by atoms with Crippen LogP contribution in [-0.2, 0) is 32.6 Å². The van der Waals surface area contributed by atoms with Crippen LogP contribution in [0.25, 0.3) is 0 Å². The second-order valence-electron chi connectivity index (χ2n) is 12.0. The first-order valence-corrected chi connectivity index (χ1v) is 16.5. The van der Waals surface area contributed by atoms with E-state index in [9.17, 15) is 22.4 Å². The number of hydrogen-bond acceptors (Lipinski definition) is 6. The molecule has 47 heavy (non-hydrogen) atoms. The molecule has 0 aliphatic rings. The van der Waals surface area contributed by atoms with E-state index in [1.165, 1.54) is 67.7 Å². The lowest BCUT2D eigenvalue weighted by molar-refractivity contribution is -0.140. The molecule has 0 unspecified atom stereocenters. The van der Waals surface area contributed by atoms with Crippen molar-refractivity contribution < 1.29 is 31.9 Å². The van der Waals surface area contributed by atoms with Crippen molar-refractivity contribution in [2.45, 2.75) is 50.2 Å². The molecule has 248 valence electrons. The first kappa shape index (κ1) is 35.0. The summed E-state index contributed by atoms with van der Waals surface area (Å²) in [5, 5.41) is 2.98. The van der Waals surface area contributed by atoms with Gasteiger partial charge in [-0.3, -0.25) is 13.9 Å². The van der Waals surface area contributed by atoms with Gasteiger partial charge in [0.05, 0.1) is 24.8 Å². The lowest BCUT2D eigenvalue weighted by Crippen LogP contribution is -2.56. The zero-order valence-electron chi connectivity index (χ0n) is 27.1. The minimum absolute atomic E-state index is 0.0756. The van der Waals surface area contributed by atoms with Crippen LogP contribution < -0.4 is 19.1 Å². The van der Waals surface area contributed by atoms with Crippen molar-refractivity contribution in [3.05, 3.63) is 120 Å². The molecule has 0 bridgehead atoms. The van der Waals surface area contributed by atoms with Crippen LogP contribution in [-0.4, -0.2) is 57.5 Å². The Balaban J connectivity index is 1.84. The maximum Gasteiger partial charge on any atom is 0.264 e. The molecule has 0 heterocycles. The van der Waals surface area contributed by atoms with Crippen LogP contribution in [0.3, 0.4) is 0 Å². The molecule has 0 saturated heterocycles. The number of ether oxygens (including phenoxy) is 2. The highest BCUT2D eigenvalue weighted by Gasteiger charge is 2.36. The molecule has 0 aromatic heterocycles.